The van der Waals surface area contributed by atoms with Crippen molar-refractivity contribution in [3.05, 3.63) is 59.9 Å². The fourth-order valence-electron chi connectivity index (χ4n) is 4.34. The summed E-state index contributed by atoms with van der Waals surface area (Å²) < 4.78 is 13.0. The second kappa shape index (κ2) is 7.59. The van der Waals surface area contributed by atoms with Crippen molar-refractivity contribution in [1.29, 1.82) is 0 Å². The molecule has 1 saturated carbocycles. The van der Waals surface area contributed by atoms with Crippen LogP contribution in [0.2, 0.25) is 0 Å². The molecule has 0 aromatic heterocycles. The van der Waals surface area contributed by atoms with Crippen molar-refractivity contribution >= 4 is 11.8 Å². The molecule has 0 bridgehead atoms. The van der Waals surface area contributed by atoms with Crippen LogP contribution in [0.4, 0.5) is 4.39 Å². The fraction of sp³-hybridized carbons (Fsp3) is 0.429. The van der Waals surface area contributed by atoms with Gasteiger partial charge >= 0.3 is 0 Å². The second-order valence-electron chi connectivity index (χ2n) is 7.51. The SMILES string of the molecule is Oc1ccc(C(O)CN2C[C@H]3CC(Sc4ccc(F)cc4)C[C@H]3C2)cc1. The minimum atomic E-state index is -0.515. The first-order valence-corrected chi connectivity index (χ1v) is 10.1. The van der Waals surface area contributed by atoms with E-state index in [0.29, 0.717) is 23.6 Å². The largest absolute Gasteiger partial charge is 0.508 e. The maximum absolute atomic E-state index is 13.0. The zero-order chi connectivity index (χ0) is 18.1. The minimum absolute atomic E-state index is 0.180. The van der Waals surface area contributed by atoms with Gasteiger partial charge in [0.25, 0.3) is 0 Å². The van der Waals surface area contributed by atoms with Gasteiger partial charge in [0.2, 0.25) is 0 Å². The highest BCUT2D eigenvalue weighted by Gasteiger charge is 2.41. The van der Waals surface area contributed by atoms with E-state index in [1.54, 1.807) is 24.3 Å². The fourth-order valence-corrected chi connectivity index (χ4v) is 5.70. The number of phenols is 1. The number of nitrogens with zero attached hydrogens (tertiary/aromatic N) is 1. The summed E-state index contributed by atoms with van der Waals surface area (Å²) in [5.74, 6) is 1.43. The molecule has 2 aromatic carbocycles. The van der Waals surface area contributed by atoms with E-state index in [9.17, 15) is 14.6 Å². The number of aliphatic hydroxyl groups is 1. The van der Waals surface area contributed by atoms with E-state index in [1.807, 2.05) is 23.9 Å². The van der Waals surface area contributed by atoms with E-state index in [0.717, 1.165) is 23.5 Å². The molecule has 2 fully saturated rings. The predicted molar refractivity (Wildman–Crippen MR) is 102 cm³/mol. The van der Waals surface area contributed by atoms with Gasteiger partial charge in [0.1, 0.15) is 11.6 Å². The van der Waals surface area contributed by atoms with Crippen LogP contribution in [0.1, 0.15) is 24.5 Å². The van der Waals surface area contributed by atoms with E-state index >= 15 is 0 Å². The van der Waals surface area contributed by atoms with Crippen LogP contribution in [0.5, 0.6) is 5.75 Å². The van der Waals surface area contributed by atoms with Crippen LogP contribution in [0, 0.1) is 17.7 Å². The summed E-state index contributed by atoms with van der Waals surface area (Å²) in [5.41, 5.74) is 0.851. The van der Waals surface area contributed by atoms with Gasteiger partial charge in [-0.25, -0.2) is 4.39 Å². The lowest BCUT2D eigenvalue weighted by Crippen LogP contribution is -2.28. The molecule has 4 atom stereocenters. The third-order valence-electron chi connectivity index (χ3n) is 5.61. The van der Waals surface area contributed by atoms with Crippen molar-refractivity contribution in [2.45, 2.75) is 29.1 Å². The van der Waals surface area contributed by atoms with Crippen molar-refractivity contribution in [3.63, 3.8) is 0 Å². The van der Waals surface area contributed by atoms with E-state index in [4.69, 9.17) is 0 Å². The lowest BCUT2D eigenvalue weighted by atomic mass is 10.0. The Morgan fingerprint density at radius 2 is 1.62 bits per heavy atom. The number of β-amino-alcohol motifs (C(OH)–C–C–N with tert-alkyl or cyclic N) is 1. The Morgan fingerprint density at radius 1 is 1.00 bits per heavy atom. The Balaban J connectivity index is 1.28. The molecule has 1 saturated heterocycles. The number of hydrogen-bond acceptors (Lipinski definition) is 4. The van der Waals surface area contributed by atoms with Crippen molar-refractivity contribution < 1.29 is 14.6 Å². The maximum Gasteiger partial charge on any atom is 0.123 e. The molecule has 0 amide bonds. The number of benzene rings is 2. The first-order chi connectivity index (χ1) is 12.6. The molecule has 2 N–H and O–H groups in total. The molecule has 26 heavy (non-hydrogen) atoms. The highest BCUT2D eigenvalue weighted by molar-refractivity contribution is 8.00. The Bertz CT molecular complexity index is 723. The summed E-state index contributed by atoms with van der Waals surface area (Å²) in [5, 5.41) is 20.4. The van der Waals surface area contributed by atoms with E-state index in [1.165, 1.54) is 25.0 Å². The Kier molecular flexibility index (Phi) is 5.20. The molecule has 0 radical (unpaired) electrons. The molecule has 1 aliphatic heterocycles. The van der Waals surface area contributed by atoms with Gasteiger partial charge in [-0.2, -0.15) is 0 Å². The van der Waals surface area contributed by atoms with Gasteiger partial charge in [0.05, 0.1) is 6.10 Å². The van der Waals surface area contributed by atoms with Crippen LogP contribution in [-0.2, 0) is 0 Å². The summed E-state index contributed by atoms with van der Waals surface area (Å²) in [6.07, 6.45) is 1.87. The van der Waals surface area contributed by atoms with Crippen LogP contribution < -0.4 is 0 Å². The molecule has 2 aliphatic rings. The smallest absolute Gasteiger partial charge is 0.123 e. The first-order valence-electron chi connectivity index (χ1n) is 9.18. The summed E-state index contributed by atoms with van der Waals surface area (Å²) >= 11 is 1.87. The number of phenolic OH excluding ortho intramolecular Hbond substituents is 1. The second-order valence-corrected chi connectivity index (χ2v) is 8.88. The average Bonchev–Trinajstić information content (AvgIpc) is 3.15. The van der Waals surface area contributed by atoms with Crippen molar-refractivity contribution in [2.75, 3.05) is 19.6 Å². The van der Waals surface area contributed by atoms with Gasteiger partial charge in [0, 0.05) is 29.8 Å². The van der Waals surface area contributed by atoms with E-state index in [-0.39, 0.29) is 11.6 Å². The van der Waals surface area contributed by atoms with Gasteiger partial charge in [-0.15, -0.1) is 11.8 Å². The van der Waals surface area contributed by atoms with Gasteiger partial charge in [0.15, 0.2) is 0 Å². The van der Waals surface area contributed by atoms with Crippen molar-refractivity contribution in [3.8, 4) is 5.75 Å². The summed E-state index contributed by atoms with van der Waals surface area (Å²) in [7, 11) is 0. The van der Waals surface area contributed by atoms with Gasteiger partial charge in [-0.1, -0.05) is 12.1 Å². The number of hydrogen-bond donors (Lipinski definition) is 2. The molecule has 1 heterocycles. The molecule has 2 unspecified atom stereocenters. The predicted octanol–water partition coefficient (Wildman–Crippen LogP) is 4.07. The standard InChI is InChI=1S/C21H24FNO2S/c22-17-3-7-19(8-4-17)26-20-9-15-11-23(12-16(15)10-20)13-21(25)14-1-5-18(24)6-2-14/h1-8,15-16,20-21,24-25H,9-13H2/t15-,16+,20?,21?. The van der Waals surface area contributed by atoms with Crippen LogP contribution >= 0.6 is 11.8 Å². The van der Waals surface area contributed by atoms with Crippen molar-refractivity contribution in [2.24, 2.45) is 11.8 Å². The number of thioether (sulfide) groups is 1. The number of rotatable bonds is 5. The number of halogens is 1. The van der Waals surface area contributed by atoms with Crippen LogP contribution in [-0.4, -0.2) is 40.0 Å². The summed E-state index contributed by atoms with van der Waals surface area (Å²) in [6.45, 7) is 2.73. The number of likely N-dealkylation sites (tertiary alicyclic amines) is 1. The van der Waals surface area contributed by atoms with Crippen LogP contribution in [0.15, 0.2) is 53.4 Å². The lowest BCUT2D eigenvalue weighted by molar-refractivity contribution is 0.122. The normalized spacial score (nSPS) is 26.8. The Hall–Kier alpha value is -1.56. The third-order valence-corrected chi connectivity index (χ3v) is 6.87. The zero-order valence-electron chi connectivity index (χ0n) is 14.6. The average molecular weight is 373 g/mol. The number of aromatic hydroxyl groups is 1. The zero-order valence-corrected chi connectivity index (χ0v) is 15.4. The van der Waals surface area contributed by atoms with E-state index in [2.05, 4.69) is 4.90 Å². The monoisotopic (exact) mass is 373 g/mol. The molecule has 3 nitrogen and oxygen atoms in total. The van der Waals surface area contributed by atoms with Gasteiger partial charge in [-0.3, -0.25) is 4.90 Å². The van der Waals surface area contributed by atoms with Gasteiger partial charge in [-0.05, 0) is 66.6 Å². The molecule has 0 spiro atoms. The number of aliphatic hydroxyl groups excluding tert-OH is 1. The lowest BCUT2D eigenvalue weighted by Gasteiger charge is -2.22. The molecule has 138 valence electrons. The molecule has 5 heteroatoms. The highest BCUT2D eigenvalue weighted by atomic mass is 32.2. The number of fused-ring (bicyclic) bond motifs is 1. The van der Waals surface area contributed by atoms with E-state index < -0.39 is 6.10 Å². The minimum Gasteiger partial charge on any atom is -0.508 e. The van der Waals surface area contributed by atoms with Crippen LogP contribution in [0.3, 0.4) is 0 Å². The molecule has 1 aliphatic carbocycles. The Labute approximate surface area is 157 Å². The van der Waals surface area contributed by atoms with Crippen LogP contribution in [0.25, 0.3) is 0 Å². The quantitative estimate of drug-likeness (QED) is 0.829. The topological polar surface area (TPSA) is 43.7 Å². The summed E-state index contributed by atoms with van der Waals surface area (Å²) in [4.78, 5) is 3.52. The molecular weight excluding hydrogens is 349 g/mol. The highest BCUT2D eigenvalue weighted by Crippen LogP contribution is 2.45. The first kappa shape index (κ1) is 17.8. The molecular formula is C21H24FNO2S. The third kappa shape index (κ3) is 4.05. The van der Waals surface area contributed by atoms with Gasteiger partial charge < -0.3 is 10.2 Å². The Morgan fingerprint density at radius 3 is 2.23 bits per heavy atom. The maximum atomic E-state index is 13.0. The summed E-state index contributed by atoms with van der Waals surface area (Å²) in [6, 6.07) is 13.6. The molecule has 4 rings (SSSR count). The molecule has 2 aromatic rings. The van der Waals surface area contributed by atoms with Crippen molar-refractivity contribution in [1.82, 2.24) is 4.90 Å².